The van der Waals surface area contributed by atoms with Gasteiger partial charge in [0.05, 0.1) is 12.8 Å². The summed E-state index contributed by atoms with van der Waals surface area (Å²) in [5.74, 6) is 0.667. The maximum atomic E-state index is 11.9. The highest BCUT2D eigenvalue weighted by atomic mass is 31.2. The molecule has 5 heteroatoms. The second-order valence-corrected chi connectivity index (χ2v) is 7.38. The number of rotatable bonds is 8. The van der Waals surface area contributed by atoms with Crippen LogP contribution in [0.5, 0.6) is 5.75 Å². The lowest BCUT2D eigenvalue weighted by Crippen LogP contribution is -2.04. The summed E-state index contributed by atoms with van der Waals surface area (Å²) in [6.45, 7) is 4.36. The summed E-state index contributed by atoms with van der Waals surface area (Å²) in [5, 5.41) is 0. The predicted octanol–water partition coefficient (Wildman–Crippen LogP) is 4.59. The van der Waals surface area contributed by atoms with Crippen LogP contribution in [0.25, 0.3) is 0 Å². The van der Waals surface area contributed by atoms with Gasteiger partial charge in [0.15, 0.2) is 0 Å². The zero-order valence-corrected chi connectivity index (χ0v) is 14.4. The molecule has 0 fully saturated rings. The van der Waals surface area contributed by atoms with Crippen LogP contribution in [0.1, 0.15) is 30.9 Å². The lowest BCUT2D eigenvalue weighted by atomic mass is 10.0. The summed E-state index contributed by atoms with van der Waals surface area (Å²) in [4.78, 5) is 9.77. The Kier molecular flexibility index (Phi) is 6.40. The molecule has 2 aromatic rings. The van der Waals surface area contributed by atoms with Crippen LogP contribution in [-0.2, 0) is 15.7 Å². The second-order valence-electron chi connectivity index (χ2n) is 5.49. The molecule has 0 radical (unpaired) electrons. The first-order valence-electron chi connectivity index (χ1n) is 7.73. The molecule has 4 nitrogen and oxygen atoms in total. The second kappa shape index (κ2) is 8.30. The minimum Gasteiger partial charge on any atom is -0.489 e. The largest absolute Gasteiger partial charge is 0.489 e. The van der Waals surface area contributed by atoms with E-state index in [0.717, 1.165) is 16.9 Å². The van der Waals surface area contributed by atoms with E-state index >= 15 is 0 Å². The van der Waals surface area contributed by atoms with Crippen LogP contribution >= 0.6 is 7.60 Å². The lowest BCUT2D eigenvalue weighted by molar-refractivity contribution is 0.272. The van der Waals surface area contributed by atoms with E-state index in [2.05, 4.69) is 0 Å². The van der Waals surface area contributed by atoms with Gasteiger partial charge < -0.3 is 14.2 Å². The summed E-state index contributed by atoms with van der Waals surface area (Å²) in [6, 6.07) is 17.6. The van der Waals surface area contributed by atoms with Crippen LogP contribution in [0.3, 0.4) is 0 Å². The molecule has 0 aliphatic rings. The van der Waals surface area contributed by atoms with Crippen LogP contribution < -0.4 is 4.74 Å². The molecule has 0 saturated heterocycles. The van der Waals surface area contributed by atoms with Crippen molar-refractivity contribution in [2.24, 2.45) is 0 Å². The number of ether oxygens (including phenoxy) is 1. The predicted molar refractivity (Wildman–Crippen MR) is 91.9 cm³/mol. The fourth-order valence-electron chi connectivity index (χ4n) is 2.36. The minimum atomic E-state index is -3.53. The molecule has 0 aliphatic heterocycles. The molecule has 1 N–H and O–H groups in total. The van der Waals surface area contributed by atoms with Crippen molar-refractivity contribution in [3.8, 4) is 5.75 Å². The Labute approximate surface area is 137 Å². The summed E-state index contributed by atoms with van der Waals surface area (Å²) in [6.07, 6.45) is 0.100. The topological polar surface area (TPSA) is 55.8 Å². The molecule has 0 aliphatic carbocycles. The molecule has 0 saturated carbocycles. The Morgan fingerprint density at radius 3 is 2.57 bits per heavy atom. The normalized spacial score (nSPS) is 14.9. The quantitative estimate of drug-likeness (QED) is 0.717. The molecule has 0 amide bonds. The van der Waals surface area contributed by atoms with Crippen molar-refractivity contribution >= 4 is 7.60 Å². The summed E-state index contributed by atoms with van der Waals surface area (Å²) in [5.41, 5.74) is 2.06. The Morgan fingerprint density at radius 1 is 1.13 bits per heavy atom. The third kappa shape index (κ3) is 5.83. The van der Waals surface area contributed by atoms with Crippen molar-refractivity contribution in [2.75, 3.05) is 12.8 Å². The van der Waals surface area contributed by atoms with Gasteiger partial charge in [-0.05, 0) is 36.1 Å². The fourth-order valence-corrected chi connectivity index (χ4v) is 3.77. The van der Waals surface area contributed by atoms with Gasteiger partial charge in [-0.15, -0.1) is 0 Å². The van der Waals surface area contributed by atoms with Crippen molar-refractivity contribution in [1.29, 1.82) is 0 Å². The van der Waals surface area contributed by atoms with E-state index in [1.165, 1.54) is 0 Å². The summed E-state index contributed by atoms with van der Waals surface area (Å²) >= 11 is 0. The highest BCUT2D eigenvalue weighted by molar-refractivity contribution is 7.52. The smallest absolute Gasteiger partial charge is 0.328 e. The van der Waals surface area contributed by atoms with E-state index in [-0.39, 0.29) is 18.7 Å². The van der Waals surface area contributed by atoms with Crippen molar-refractivity contribution < 1.29 is 18.7 Å². The van der Waals surface area contributed by atoms with Crippen LogP contribution in [0, 0.1) is 0 Å². The fraction of sp³-hybridized carbons (Fsp3) is 0.333. The Bertz CT molecular complexity index is 657. The molecule has 23 heavy (non-hydrogen) atoms. The lowest BCUT2D eigenvalue weighted by Gasteiger charge is -2.17. The SMILES string of the molecule is CCOP(=O)(O)C[C@@H](C)c1cccc(OCc2ccccc2)c1. The summed E-state index contributed by atoms with van der Waals surface area (Å²) in [7, 11) is -3.53. The number of hydrogen-bond donors (Lipinski definition) is 1. The van der Waals surface area contributed by atoms with Crippen molar-refractivity contribution in [3.05, 3.63) is 65.7 Å². The zero-order valence-electron chi connectivity index (χ0n) is 13.5. The molecule has 0 bridgehead atoms. The highest BCUT2D eigenvalue weighted by Gasteiger charge is 2.23. The molecule has 0 aromatic heterocycles. The molecule has 124 valence electrons. The van der Waals surface area contributed by atoms with Crippen LogP contribution in [0.4, 0.5) is 0 Å². The molecule has 2 aromatic carbocycles. The molecule has 0 spiro atoms. The molecule has 0 heterocycles. The first-order chi connectivity index (χ1) is 11.0. The van der Waals surface area contributed by atoms with Gasteiger partial charge in [0.2, 0.25) is 0 Å². The van der Waals surface area contributed by atoms with Crippen molar-refractivity contribution in [2.45, 2.75) is 26.4 Å². The third-order valence-corrected chi connectivity index (χ3v) is 5.18. The van der Waals surface area contributed by atoms with Gasteiger partial charge in [-0.1, -0.05) is 49.4 Å². The standard InChI is InChI=1S/C18H23O4P/c1-3-22-23(19,20)14-15(2)17-10-7-11-18(12-17)21-13-16-8-5-4-6-9-16/h4-12,15H,3,13-14H2,1-2H3,(H,19,20)/t15-/m1/s1. The average molecular weight is 334 g/mol. The third-order valence-electron chi connectivity index (χ3n) is 3.51. The van der Waals surface area contributed by atoms with E-state index in [1.54, 1.807) is 6.92 Å². The van der Waals surface area contributed by atoms with Gasteiger partial charge >= 0.3 is 7.60 Å². The molecular formula is C18H23O4P. The molecular weight excluding hydrogens is 311 g/mol. The Hall–Kier alpha value is -1.61. The van der Waals surface area contributed by atoms with Crippen molar-refractivity contribution in [1.82, 2.24) is 0 Å². The maximum Gasteiger partial charge on any atom is 0.328 e. The van der Waals surface area contributed by atoms with Gasteiger partial charge in [-0.3, -0.25) is 4.57 Å². The molecule has 2 rings (SSSR count). The van der Waals surface area contributed by atoms with E-state index in [4.69, 9.17) is 9.26 Å². The van der Waals surface area contributed by atoms with Gasteiger partial charge in [-0.25, -0.2) is 0 Å². The van der Waals surface area contributed by atoms with E-state index < -0.39 is 7.60 Å². The minimum absolute atomic E-state index is 0.0855. The van der Waals surface area contributed by atoms with Gasteiger partial charge in [0.25, 0.3) is 0 Å². The summed E-state index contributed by atoms with van der Waals surface area (Å²) < 4.78 is 22.6. The van der Waals surface area contributed by atoms with E-state index in [0.29, 0.717) is 6.61 Å². The van der Waals surface area contributed by atoms with Gasteiger partial charge in [0, 0.05) is 0 Å². The van der Waals surface area contributed by atoms with Gasteiger partial charge in [0.1, 0.15) is 12.4 Å². The first-order valence-corrected chi connectivity index (χ1v) is 9.49. The number of hydrogen-bond acceptors (Lipinski definition) is 3. The molecule has 2 atom stereocenters. The monoisotopic (exact) mass is 334 g/mol. The number of benzene rings is 2. The Balaban J connectivity index is 2.00. The van der Waals surface area contributed by atoms with Crippen LogP contribution in [-0.4, -0.2) is 17.7 Å². The van der Waals surface area contributed by atoms with Crippen LogP contribution in [0.2, 0.25) is 0 Å². The van der Waals surface area contributed by atoms with E-state index in [1.807, 2.05) is 61.5 Å². The maximum absolute atomic E-state index is 11.9. The van der Waals surface area contributed by atoms with Gasteiger partial charge in [-0.2, -0.15) is 0 Å². The molecule has 1 unspecified atom stereocenters. The van der Waals surface area contributed by atoms with E-state index in [9.17, 15) is 9.46 Å². The van der Waals surface area contributed by atoms with Crippen molar-refractivity contribution in [3.63, 3.8) is 0 Å². The Morgan fingerprint density at radius 2 is 1.87 bits per heavy atom. The highest BCUT2D eigenvalue weighted by Crippen LogP contribution is 2.45. The first kappa shape index (κ1) is 17.7. The average Bonchev–Trinajstić information content (AvgIpc) is 2.53. The van der Waals surface area contributed by atoms with Crippen LogP contribution in [0.15, 0.2) is 54.6 Å². The zero-order chi connectivity index (χ0) is 16.7.